The molecular weight excluding hydrogens is 294 g/mol. The smallest absolute Gasteiger partial charge is 0.252 e. The zero-order valence-corrected chi connectivity index (χ0v) is 13.9. The molecule has 1 N–H and O–H groups in total. The molecule has 1 saturated carbocycles. The van der Waals surface area contributed by atoms with Crippen molar-refractivity contribution >= 4 is 21.4 Å². The van der Waals surface area contributed by atoms with Crippen molar-refractivity contribution in [2.45, 2.75) is 49.8 Å². The number of thiophene rings is 1. The maximum atomic E-state index is 12.6. The summed E-state index contributed by atoms with van der Waals surface area (Å²) in [6.45, 7) is 4.11. The molecule has 1 aromatic heterocycles. The summed E-state index contributed by atoms with van der Waals surface area (Å²) in [4.78, 5) is 1.06. The van der Waals surface area contributed by atoms with E-state index < -0.39 is 10.0 Å². The lowest BCUT2D eigenvalue weighted by atomic mass is 9.87. The molecule has 0 aromatic carbocycles. The lowest BCUT2D eigenvalue weighted by Gasteiger charge is -2.33. The molecule has 1 aromatic rings. The molecule has 6 heteroatoms. The second kappa shape index (κ2) is 6.13. The number of aliphatic hydroxyl groups excluding tert-OH is 1. The van der Waals surface area contributed by atoms with E-state index in [4.69, 9.17) is 5.11 Å². The van der Waals surface area contributed by atoms with Crippen LogP contribution < -0.4 is 0 Å². The SMILES string of the molecule is Cc1cc(S(=O)(=O)N(C)C2CCC(CO)CC2)sc1C. The first-order valence-electron chi connectivity index (χ1n) is 7.02. The summed E-state index contributed by atoms with van der Waals surface area (Å²) < 4.78 is 27.2. The van der Waals surface area contributed by atoms with Crippen molar-refractivity contribution in [1.82, 2.24) is 4.31 Å². The van der Waals surface area contributed by atoms with Gasteiger partial charge < -0.3 is 5.11 Å². The minimum Gasteiger partial charge on any atom is -0.396 e. The van der Waals surface area contributed by atoms with Crippen molar-refractivity contribution < 1.29 is 13.5 Å². The highest BCUT2D eigenvalue weighted by molar-refractivity contribution is 7.91. The molecule has 0 atom stereocenters. The molecule has 0 saturated heterocycles. The van der Waals surface area contributed by atoms with Gasteiger partial charge in [-0.3, -0.25) is 0 Å². The highest BCUT2D eigenvalue weighted by Crippen LogP contribution is 2.32. The maximum absolute atomic E-state index is 12.6. The third-order valence-electron chi connectivity index (χ3n) is 4.37. The van der Waals surface area contributed by atoms with Gasteiger partial charge in [-0.15, -0.1) is 11.3 Å². The van der Waals surface area contributed by atoms with Gasteiger partial charge >= 0.3 is 0 Å². The fourth-order valence-corrected chi connectivity index (χ4v) is 5.81. The summed E-state index contributed by atoms with van der Waals surface area (Å²) in [5.41, 5.74) is 1.03. The van der Waals surface area contributed by atoms with Crippen LogP contribution in [0.2, 0.25) is 0 Å². The van der Waals surface area contributed by atoms with E-state index in [0.717, 1.165) is 36.1 Å². The lowest BCUT2D eigenvalue weighted by Crippen LogP contribution is -2.39. The van der Waals surface area contributed by atoms with E-state index in [9.17, 15) is 8.42 Å². The fraction of sp³-hybridized carbons (Fsp3) is 0.714. The number of hydrogen-bond donors (Lipinski definition) is 1. The summed E-state index contributed by atoms with van der Waals surface area (Å²) in [6, 6.07) is 1.83. The van der Waals surface area contributed by atoms with Crippen LogP contribution in [0.3, 0.4) is 0 Å². The van der Waals surface area contributed by atoms with Crippen molar-refractivity contribution in [3.05, 3.63) is 16.5 Å². The molecule has 2 rings (SSSR count). The Morgan fingerprint density at radius 3 is 2.35 bits per heavy atom. The third-order valence-corrected chi connectivity index (χ3v) is 7.88. The largest absolute Gasteiger partial charge is 0.396 e. The number of aliphatic hydroxyl groups is 1. The Kier molecular flexibility index (Phi) is 4.89. The molecular formula is C14H23NO3S2. The molecule has 0 radical (unpaired) electrons. The molecule has 1 aliphatic rings. The van der Waals surface area contributed by atoms with Gasteiger partial charge in [-0.05, 0) is 57.1 Å². The third kappa shape index (κ3) is 3.08. The normalized spacial score (nSPS) is 24.2. The van der Waals surface area contributed by atoms with Crippen LogP contribution in [-0.4, -0.2) is 37.5 Å². The van der Waals surface area contributed by atoms with Gasteiger partial charge in [0.25, 0.3) is 10.0 Å². The first-order valence-corrected chi connectivity index (χ1v) is 9.28. The Morgan fingerprint density at radius 2 is 1.90 bits per heavy atom. The van der Waals surface area contributed by atoms with E-state index in [1.165, 1.54) is 15.6 Å². The first kappa shape index (κ1) is 15.9. The number of aryl methyl sites for hydroxylation is 2. The monoisotopic (exact) mass is 317 g/mol. The van der Waals surface area contributed by atoms with Gasteiger partial charge in [0.15, 0.2) is 0 Å². The summed E-state index contributed by atoms with van der Waals surface area (Å²) >= 11 is 1.35. The zero-order valence-electron chi connectivity index (χ0n) is 12.3. The molecule has 1 heterocycles. The van der Waals surface area contributed by atoms with Crippen molar-refractivity contribution in [3.63, 3.8) is 0 Å². The average Bonchev–Trinajstić information content (AvgIpc) is 2.78. The molecule has 0 unspecified atom stereocenters. The Labute approximate surface area is 125 Å². The van der Waals surface area contributed by atoms with Crippen LogP contribution in [-0.2, 0) is 10.0 Å². The highest BCUT2D eigenvalue weighted by atomic mass is 32.2. The van der Waals surface area contributed by atoms with Crippen molar-refractivity contribution in [2.24, 2.45) is 5.92 Å². The molecule has 114 valence electrons. The lowest BCUT2D eigenvalue weighted by molar-refractivity contribution is 0.159. The Morgan fingerprint density at radius 1 is 1.30 bits per heavy atom. The molecule has 1 fully saturated rings. The van der Waals surface area contributed by atoms with Crippen molar-refractivity contribution in [1.29, 1.82) is 0 Å². The summed E-state index contributed by atoms with van der Waals surface area (Å²) in [7, 11) is -1.69. The van der Waals surface area contributed by atoms with Crippen LogP contribution in [0.25, 0.3) is 0 Å². The van der Waals surface area contributed by atoms with Gasteiger partial charge in [-0.1, -0.05) is 0 Å². The number of rotatable bonds is 4. The van der Waals surface area contributed by atoms with Crippen LogP contribution in [0.15, 0.2) is 10.3 Å². The summed E-state index contributed by atoms with van der Waals surface area (Å²) in [5, 5.41) is 9.16. The van der Waals surface area contributed by atoms with Gasteiger partial charge in [0.2, 0.25) is 0 Å². The molecule has 1 aliphatic carbocycles. The minimum atomic E-state index is -3.38. The second-order valence-electron chi connectivity index (χ2n) is 5.68. The quantitative estimate of drug-likeness (QED) is 0.928. The summed E-state index contributed by atoms with van der Waals surface area (Å²) in [5.74, 6) is 0.341. The average molecular weight is 317 g/mol. The van der Waals surface area contributed by atoms with E-state index in [1.807, 2.05) is 13.8 Å². The van der Waals surface area contributed by atoms with E-state index >= 15 is 0 Å². The minimum absolute atomic E-state index is 0.0607. The van der Waals surface area contributed by atoms with Gasteiger partial charge in [0.05, 0.1) is 0 Å². The fourth-order valence-electron chi connectivity index (χ4n) is 2.70. The number of hydrogen-bond acceptors (Lipinski definition) is 4. The topological polar surface area (TPSA) is 57.6 Å². The maximum Gasteiger partial charge on any atom is 0.252 e. The predicted molar refractivity (Wildman–Crippen MR) is 81.6 cm³/mol. The van der Waals surface area contributed by atoms with Crippen molar-refractivity contribution in [3.8, 4) is 0 Å². The Bertz CT molecular complexity index is 537. The van der Waals surface area contributed by atoms with Crippen LogP contribution >= 0.6 is 11.3 Å². The molecule has 0 bridgehead atoms. The second-order valence-corrected chi connectivity index (χ2v) is 9.16. The molecule has 0 amide bonds. The van der Waals surface area contributed by atoms with E-state index in [1.54, 1.807) is 13.1 Å². The predicted octanol–water partition coefficient (Wildman–Crippen LogP) is 2.54. The molecule has 4 nitrogen and oxygen atoms in total. The summed E-state index contributed by atoms with van der Waals surface area (Å²) in [6.07, 6.45) is 3.49. The molecule has 0 aliphatic heterocycles. The van der Waals surface area contributed by atoms with Gasteiger partial charge in [0.1, 0.15) is 4.21 Å². The van der Waals surface area contributed by atoms with Crippen LogP contribution in [0.5, 0.6) is 0 Å². The van der Waals surface area contributed by atoms with Gasteiger partial charge in [-0.2, -0.15) is 4.31 Å². The zero-order chi connectivity index (χ0) is 14.9. The van der Waals surface area contributed by atoms with Crippen LogP contribution in [0.4, 0.5) is 0 Å². The molecule has 20 heavy (non-hydrogen) atoms. The molecule has 0 spiro atoms. The van der Waals surface area contributed by atoms with Crippen LogP contribution in [0.1, 0.15) is 36.1 Å². The number of nitrogens with zero attached hydrogens (tertiary/aromatic N) is 1. The van der Waals surface area contributed by atoms with Crippen molar-refractivity contribution in [2.75, 3.05) is 13.7 Å². The Hall–Kier alpha value is -0.430. The van der Waals surface area contributed by atoms with Gasteiger partial charge in [-0.25, -0.2) is 8.42 Å². The highest BCUT2D eigenvalue weighted by Gasteiger charge is 2.32. The van der Waals surface area contributed by atoms with E-state index in [2.05, 4.69) is 0 Å². The van der Waals surface area contributed by atoms with Crippen LogP contribution in [0, 0.1) is 19.8 Å². The standard InChI is InChI=1S/C14H23NO3S2/c1-10-8-14(19-11(10)2)20(17,18)15(3)13-6-4-12(9-16)5-7-13/h8,12-13,16H,4-7,9H2,1-3H3. The van der Waals surface area contributed by atoms with E-state index in [0.29, 0.717) is 10.1 Å². The number of sulfonamides is 1. The first-order chi connectivity index (χ1) is 9.36. The Balaban J connectivity index is 2.13. The van der Waals surface area contributed by atoms with Gasteiger partial charge in [0, 0.05) is 24.6 Å². The van der Waals surface area contributed by atoms with E-state index in [-0.39, 0.29) is 12.6 Å².